The Morgan fingerprint density at radius 1 is 1.44 bits per heavy atom. The van der Waals surface area contributed by atoms with Crippen LogP contribution in [0.2, 0.25) is 0 Å². The molecule has 1 rings (SSSR count). The Labute approximate surface area is 111 Å². The van der Waals surface area contributed by atoms with Gasteiger partial charge < -0.3 is 5.32 Å². The summed E-state index contributed by atoms with van der Waals surface area (Å²) in [6.45, 7) is 5.40. The summed E-state index contributed by atoms with van der Waals surface area (Å²) < 4.78 is 1.58. The maximum atomic E-state index is 11.5. The van der Waals surface area contributed by atoms with E-state index in [4.69, 9.17) is 0 Å². The third-order valence-electron chi connectivity index (χ3n) is 2.36. The van der Waals surface area contributed by atoms with E-state index >= 15 is 0 Å². The zero-order chi connectivity index (χ0) is 13.4. The Balaban J connectivity index is 2.51. The van der Waals surface area contributed by atoms with Crippen LogP contribution in [0.25, 0.3) is 0 Å². The first-order chi connectivity index (χ1) is 8.69. The van der Waals surface area contributed by atoms with Gasteiger partial charge in [-0.1, -0.05) is 32.0 Å². The number of carbonyl (C=O) groups is 1. The Morgan fingerprint density at radius 3 is 2.89 bits per heavy atom. The summed E-state index contributed by atoms with van der Waals surface area (Å²) in [5.41, 5.74) is -0.208. The number of nitrogens with one attached hydrogen (secondary N) is 2. The van der Waals surface area contributed by atoms with Crippen molar-refractivity contribution in [3.05, 3.63) is 10.5 Å². The molecule has 0 bridgehead atoms. The van der Waals surface area contributed by atoms with Crippen molar-refractivity contribution in [2.24, 2.45) is 0 Å². The Hall–Kier alpha value is -1.24. The van der Waals surface area contributed by atoms with Gasteiger partial charge in [0.25, 0.3) is 0 Å². The lowest BCUT2D eigenvalue weighted by Gasteiger charge is -2.05. The molecule has 18 heavy (non-hydrogen) atoms. The number of amides is 1. The SMILES string of the molecule is CCCCn1c(SCC(=O)NCCC)n[nH]c1=O. The molecule has 0 unspecified atom stereocenters. The van der Waals surface area contributed by atoms with Gasteiger partial charge in [-0.2, -0.15) is 0 Å². The summed E-state index contributed by atoms with van der Waals surface area (Å²) >= 11 is 1.29. The zero-order valence-electron chi connectivity index (χ0n) is 10.9. The quantitative estimate of drug-likeness (QED) is 0.692. The number of aromatic nitrogens is 3. The van der Waals surface area contributed by atoms with Gasteiger partial charge in [0, 0.05) is 13.1 Å². The van der Waals surface area contributed by atoms with E-state index in [2.05, 4.69) is 22.4 Å². The number of H-pyrrole nitrogens is 1. The minimum absolute atomic E-state index is 0.0284. The summed E-state index contributed by atoms with van der Waals surface area (Å²) in [5, 5.41) is 9.72. The van der Waals surface area contributed by atoms with Gasteiger partial charge in [-0.05, 0) is 12.8 Å². The van der Waals surface area contributed by atoms with Crippen LogP contribution in [0.1, 0.15) is 33.1 Å². The average molecular weight is 272 g/mol. The molecule has 1 aromatic heterocycles. The molecule has 2 N–H and O–H groups in total. The normalized spacial score (nSPS) is 10.6. The molecule has 6 nitrogen and oxygen atoms in total. The number of carbonyl (C=O) groups excluding carboxylic acids is 1. The van der Waals surface area contributed by atoms with Crippen molar-refractivity contribution in [3.8, 4) is 0 Å². The summed E-state index contributed by atoms with van der Waals surface area (Å²) in [7, 11) is 0. The molecule has 0 aliphatic carbocycles. The lowest BCUT2D eigenvalue weighted by molar-refractivity contribution is -0.118. The molecule has 0 aromatic carbocycles. The fraction of sp³-hybridized carbons (Fsp3) is 0.727. The van der Waals surface area contributed by atoms with E-state index in [1.54, 1.807) is 4.57 Å². The fourth-order valence-electron chi connectivity index (χ4n) is 1.37. The van der Waals surface area contributed by atoms with Crippen molar-refractivity contribution in [2.45, 2.75) is 44.8 Å². The highest BCUT2D eigenvalue weighted by Crippen LogP contribution is 2.13. The van der Waals surface area contributed by atoms with Gasteiger partial charge in [0.2, 0.25) is 5.91 Å². The predicted octanol–water partition coefficient (Wildman–Crippen LogP) is 0.990. The monoisotopic (exact) mass is 272 g/mol. The van der Waals surface area contributed by atoms with Crippen molar-refractivity contribution in [1.82, 2.24) is 20.1 Å². The van der Waals surface area contributed by atoms with Gasteiger partial charge in [0.1, 0.15) is 0 Å². The molecule has 0 fully saturated rings. The molecule has 0 saturated carbocycles. The number of rotatable bonds is 8. The molecule has 0 spiro atoms. The minimum Gasteiger partial charge on any atom is -0.355 e. The summed E-state index contributed by atoms with van der Waals surface area (Å²) in [6.07, 6.45) is 2.85. The first-order valence-electron chi connectivity index (χ1n) is 6.23. The largest absolute Gasteiger partial charge is 0.355 e. The lowest BCUT2D eigenvalue weighted by atomic mass is 10.3. The molecule has 0 radical (unpaired) electrons. The van der Waals surface area contributed by atoms with Gasteiger partial charge in [-0.25, -0.2) is 9.89 Å². The molecule has 102 valence electrons. The van der Waals surface area contributed by atoms with Gasteiger partial charge in [0.15, 0.2) is 5.16 Å². The van der Waals surface area contributed by atoms with Crippen LogP contribution in [0.15, 0.2) is 9.95 Å². The molecular formula is C11H20N4O2S. The second-order valence-corrected chi connectivity index (χ2v) is 4.90. The molecule has 0 aliphatic heterocycles. The second-order valence-electron chi connectivity index (χ2n) is 3.96. The fourth-order valence-corrected chi connectivity index (χ4v) is 2.17. The first-order valence-corrected chi connectivity index (χ1v) is 7.22. The van der Waals surface area contributed by atoms with Gasteiger partial charge in [0.05, 0.1) is 5.75 Å². The Bertz CT molecular complexity index is 427. The van der Waals surface area contributed by atoms with Gasteiger partial charge in [-0.15, -0.1) is 5.10 Å². The van der Waals surface area contributed by atoms with E-state index in [9.17, 15) is 9.59 Å². The molecule has 1 amide bonds. The van der Waals surface area contributed by atoms with E-state index in [0.717, 1.165) is 19.3 Å². The highest BCUT2D eigenvalue weighted by atomic mass is 32.2. The summed E-state index contributed by atoms with van der Waals surface area (Å²) in [5.74, 6) is 0.260. The van der Waals surface area contributed by atoms with Crippen LogP contribution in [-0.4, -0.2) is 33.0 Å². The zero-order valence-corrected chi connectivity index (χ0v) is 11.7. The minimum atomic E-state index is -0.208. The van der Waals surface area contributed by atoms with Crippen LogP contribution in [0.4, 0.5) is 0 Å². The van der Waals surface area contributed by atoms with Crippen molar-refractivity contribution in [1.29, 1.82) is 0 Å². The number of hydrogen-bond donors (Lipinski definition) is 2. The third kappa shape index (κ3) is 4.56. The second kappa shape index (κ2) is 7.97. The average Bonchev–Trinajstić information content (AvgIpc) is 2.72. The highest BCUT2D eigenvalue weighted by molar-refractivity contribution is 7.99. The lowest BCUT2D eigenvalue weighted by Crippen LogP contribution is -2.26. The number of aromatic amines is 1. The molecule has 0 aliphatic rings. The van der Waals surface area contributed by atoms with Crippen LogP contribution in [0, 0.1) is 0 Å². The molecule has 0 atom stereocenters. The highest BCUT2D eigenvalue weighted by Gasteiger charge is 2.10. The van der Waals surface area contributed by atoms with Crippen molar-refractivity contribution in [3.63, 3.8) is 0 Å². The van der Waals surface area contributed by atoms with E-state index < -0.39 is 0 Å². The number of unbranched alkanes of at least 4 members (excludes halogenated alkanes) is 1. The Kier molecular flexibility index (Phi) is 6.56. The maximum Gasteiger partial charge on any atom is 0.343 e. The number of hydrogen-bond acceptors (Lipinski definition) is 4. The van der Waals surface area contributed by atoms with Crippen LogP contribution in [0.3, 0.4) is 0 Å². The van der Waals surface area contributed by atoms with E-state index in [-0.39, 0.29) is 17.3 Å². The smallest absolute Gasteiger partial charge is 0.343 e. The summed E-state index contributed by atoms with van der Waals surface area (Å²) in [6, 6.07) is 0. The van der Waals surface area contributed by atoms with E-state index in [1.807, 2.05) is 6.92 Å². The predicted molar refractivity (Wildman–Crippen MR) is 71.8 cm³/mol. The van der Waals surface area contributed by atoms with Gasteiger partial charge in [-0.3, -0.25) is 9.36 Å². The molecule has 1 heterocycles. The topological polar surface area (TPSA) is 79.8 Å². The first kappa shape index (κ1) is 14.8. The van der Waals surface area contributed by atoms with Gasteiger partial charge >= 0.3 is 5.69 Å². The maximum absolute atomic E-state index is 11.5. The number of thioether (sulfide) groups is 1. The summed E-state index contributed by atoms with van der Waals surface area (Å²) in [4.78, 5) is 22.9. The molecule has 7 heteroatoms. The van der Waals surface area contributed by atoms with Crippen LogP contribution in [0.5, 0.6) is 0 Å². The molecular weight excluding hydrogens is 252 g/mol. The standard InChI is InChI=1S/C11H20N4O2S/c1-3-5-7-15-10(17)13-14-11(15)18-8-9(16)12-6-4-2/h3-8H2,1-2H3,(H,12,16)(H,13,17). The molecule has 0 saturated heterocycles. The molecule has 1 aromatic rings. The van der Waals surface area contributed by atoms with Crippen molar-refractivity contribution in [2.75, 3.05) is 12.3 Å². The van der Waals surface area contributed by atoms with Crippen LogP contribution in [-0.2, 0) is 11.3 Å². The third-order valence-corrected chi connectivity index (χ3v) is 3.34. The van der Waals surface area contributed by atoms with E-state index in [0.29, 0.717) is 18.2 Å². The van der Waals surface area contributed by atoms with Crippen LogP contribution >= 0.6 is 11.8 Å². The van der Waals surface area contributed by atoms with Crippen molar-refractivity contribution >= 4 is 17.7 Å². The Morgan fingerprint density at radius 2 is 2.22 bits per heavy atom. The van der Waals surface area contributed by atoms with Crippen LogP contribution < -0.4 is 11.0 Å². The van der Waals surface area contributed by atoms with E-state index in [1.165, 1.54) is 11.8 Å². The van der Waals surface area contributed by atoms with Crippen molar-refractivity contribution < 1.29 is 4.79 Å². The number of nitrogens with zero attached hydrogens (tertiary/aromatic N) is 2.